The zero-order valence-corrected chi connectivity index (χ0v) is 41.2. The van der Waals surface area contributed by atoms with Crippen LogP contribution in [0.5, 0.6) is 0 Å². The van der Waals surface area contributed by atoms with Gasteiger partial charge in [0.05, 0.1) is 11.1 Å². The first-order valence-corrected chi connectivity index (χ1v) is 23.8. The number of benzene rings is 8. The largest absolute Gasteiger partial charge is 0.456 e. The maximum Gasteiger partial charge on any atom is 0.164 e. The number of fused-ring (bicyclic) bond motifs is 6. The van der Waals surface area contributed by atoms with E-state index in [2.05, 4.69) is 184 Å². The van der Waals surface area contributed by atoms with Gasteiger partial charge in [0.25, 0.3) is 0 Å². The number of hydrogen-bond acceptors (Lipinski definition) is 4. The Morgan fingerprint density at radius 1 is 0.324 bits per heavy atom. The molecule has 17 heteroatoms. The van der Waals surface area contributed by atoms with Crippen molar-refractivity contribution in [3.05, 3.63) is 121 Å². The average Bonchev–Trinajstić information content (AvgIpc) is 3.94. The Morgan fingerprint density at radius 2 is 0.779 bits per heavy atom. The first-order valence-electron chi connectivity index (χ1n) is 23.8. The summed E-state index contributed by atoms with van der Waals surface area (Å²) in [5, 5.41) is 4.79. The Bertz CT molecular complexity index is 3920. The van der Waals surface area contributed by atoms with Gasteiger partial charge in [-0.15, -0.1) is 21.9 Å². The molecule has 3 heterocycles. The van der Waals surface area contributed by atoms with Crippen molar-refractivity contribution in [1.82, 2.24) is 19.5 Å². The predicted octanol–water partition coefficient (Wildman–Crippen LogP) is -7.70. The molecule has 11 aromatic rings. The summed E-state index contributed by atoms with van der Waals surface area (Å²) >= 11 is 0. The molecule has 8 aromatic carbocycles. The van der Waals surface area contributed by atoms with Crippen LogP contribution in [-0.2, 0) is 0 Å². The van der Waals surface area contributed by atoms with Crippen LogP contribution in [0.3, 0.4) is 0 Å². The Balaban J connectivity index is 1.15. The van der Waals surface area contributed by atoms with E-state index in [-0.39, 0.29) is 0 Å². The van der Waals surface area contributed by atoms with Crippen LogP contribution in [0, 0.1) is 0 Å². The van der Waals surface area contributed by atoms with Crippen molar-refractivity contribution in [2.45, 2.75) is 0 Å². The first-order chi connectivity index (χ1) is 32.7. The summed E-state index contributed by atoms with van der Waals surface area (Å²) in [6.45, 7) is 0. The van der Waals surface area contributed by atoms with Gasteiger partial charge in [0, 0.05) is 38.5 Å². The molecule has 68 heavy (non-hydrogen) atoms. The highest BCUT2D eigenvalue weighted by Gasteiger charge is 2.28. The van der Waals surface area contributed by atoms with Gasteiger partial charge in [-0.3, -0.25) is 0 Å². The fourth-order valence-electron chi connectivity index (χ4n) is 11.2. The fraction of sp³-hybridized carbons (Fsp3) is 0. The molecular formula is C51H44B12N4O. The van der Waals surface area contributed by atoms with Gasteiger partial charge in [-0.25, -0.2) is 15.0 Å². The highest BCUT2D eigenvalue weighted by molar-refractivity contribution is 6.72. The number of rotatable bonds is 6. The van der Waals surface area contributed by atoms with E-state index >= 15 is 0 Å². The molecule has 0 aliphatic heterocycles. The molecule has 5 nitrogen and oxygen atoms in total. The molecule has 0 bridgehead atoms. The van der Waals surface area contributed by atoms with Crippen molar-refractivity contribution >= 4 is 203 Å². The molecule has 0 radical (unpaired) electrons. The summed E-state index contributed by atoms with van der Waals surface area (Å²) in [5.41, 5.74) is 29.1. The minimum Gasteiger partial charge on any atom is -0.456 e. The molecule has 3 aromatic heterocycles. The maximum absolute atomic E-state index is 6.90. The Labute approximate surface area is 408 Å². The summed E-state index contributed by atoms with van der Waals surface area (Å²) in [7, 11) is 27.7. The first kappa shape index (κ1) is 43.7. The van der Waals surface area contributed by atoms with Crippen LogP contribution in [-0.4, -0.2) is 114 Å². The summed E-state index contributed by atoms with van der Waals surface area (Å²) in [4.78, 5) is 15.3. The molecular weight excluding hydrogens is 814 g/mol. The van der Waals surface area contributed by atoms with Crippen LogP contribution in [0.4, 0.5) is 0 Å². The van der Waals surface area contributed by atoms with Crippen LogP contribution < -0.4 is 65.6 Å². The third kappa shape index (κ3) is 6.59. The molecule has 310 valence electrons. The fourth-order valence-corrected chi connectivity index (χ4v) is 11.2. The highest BCUT2D eigenvalue weighted by Crippen LogP contribution is 2.39. The van der Waals surface area contributed by atoms with Crippen molar-refractivity contribution < 1.29 is 4.42 Å². The normalized spacial score (nSPS) is 11.6. The Hall–Kier alpha value is -6.85. The van der Waals surface area contributed by atoms with Crippen LogP contribution in [0.25, 0.3) is 106 Å². The molecule has 0 spiro atoms. The van der Waals surface area contributed by atoms with E-state index in [1.54, 1.807) is 0 Å². The molecule has 0 amide bonds. The van der Waals surface area contributed by atoms with Gasteiger partial charge in [-0.05, 0) is 58.0 Å². The topological polar surface area (TPSA) is 56.7 Å². The third-order valence-electron chi connectivity index (χ3n) is 15.8. The second kappa shape index (κ2) is 16.4. The summed E-state index contributed by atoms with van der Waals surface area (Å²) < 4.78 is 9.47. The van der Waals surface area contributed by atoms with Crippen LogP contribution in [0.15, 0.2) is 126 Å². The smallest absolute Gasteiger partial charge is 0.164 e. The van der Waals surface area contributed by atoms with E-state index in [9.17, 15) is 0 Å². The predicted molar refractivity (Wildman–Crippen MR) is 327 cm³/mol. The molecule has 11 rings (SSSR count). The van der Waals surface area contributed by atoms with Gasteiger partial charge in [0.2, 0.25) is 0 Å². The molecule has 0 N–H and O–H groups in total. The highest BCUT2D eigenvalue weighted by atomic mass is 16.3. The summed E-state index contributed by atoms with van der Waals surface area (Å²) in [6, 6.07) is 41.9. The SMILES string of the molecule is Bc1c(B)c(B)c(-c2c(B)c(B)c3c(c2B)c2c(B)c(B)c(B)c(B)c2n3-c2cccc3oc4cc(-c5nc(-c6ccccc6)nc(-c6cccc(-c7ccccc7)c6)n5)ccc4c23)c(B)c1B. The molecule has 0 aliphatic rings. The lowest BCUT2D eigenvalue weighted by molar-refractivity contribution is 0.669. The van der Waals surface area contributed by atoms with Gasteiger partial charge >= 0.3 is 0 Å². The van der Waals surface area contributed by atoms with Gasteiger partial charge in [0.15, 0.2) is 17.5 Å². The molecule has 0 aliphatic carbocycles. The molecule has 0 atom stereocenters. The molecule has 0 saturated carbocycles. The monoisotopic (exact) mass is 860 g/mol. The van der Waals surface area contributed by atoms with E-state index in [0.29, 0.717) is 17.5 Å². The van der Waals surface area contributed by atoms with E-state index in [1.807, 2.05) is 36.4 Å². The van der Waals surface area contributed by atoms with Crippen LogP contribution >= 0.6 is 0 Å². The van der Waals surface area contributed by atoms with Crippen LogP contribution in [0.1, 0.15) is 0 Å². The zero-order valence-electron chi connectivity index (χ0n) is 41.2. The minimum atomic E-state index is 0.586. The minimum absolute atomic E-state index is 0.586. The zero-order chi connectivity index (χ0) is 47.4. The third-order valence-corrected chi connectivity index (χ3v) is 15.8. The lowest BCUT2D eigenvalue weighted by Crippen LogP contribution is -2.56. The molecule has 0 fully saturated rings. The van der Waals surface area contributed by atoms with E-state index in [4.69, 9.17) is 19.4 Å². The van der Waals surface area contributed by atoms with Crippen molar-refractivity contribution in [2.75, 3.05) is 0 Å². The number of hydrogen-bond donors (Lipinski definition) is 0. The summed E-state index contributed by atoms with van der Waals surface area (Å²) in [5.74, 6) is 1.82. The second-order valence-corrected chi connectivity index (χ2v) is 19.1. The second-order valence-electron chi connectivity index (χ2n) is 19.1. The van der Waals surface area contributed by atoms with E-state index in [1.165, 1.54) is 98.5 Å². The van der Waals surface area contributed by atoms with E-state index in [0.717, 1.165) is 55.4 Å². The Kier molecular flexibility index (Phi) is 10.6. The van der Waals surface area contributed by atoms with Gasteiger partial charge in [0.1, 0.15) is 105 Å². The van der Waals surface area contributed by atoms with Gasteiger partial charge in [-0.2, -0.15) is 0 Å². The number of aromatic nitrogens is 4. The lowest BCUT2D eigenvalue weighted by atomic mass is 9.57. The average molecular weight is 859 g/mol. The maximum atomic E-state index is 6.90. The van der Waals surface area contributed by atoms with Crippen molar-refractivity contribution in [2.24, 2.45) is 0 Å². The summed E-state index contributed by atoms with van der Waals surface area (Å²) in [6.07, 6.45) is 0. The van der Waals surface area contributed by atoms with Crippen molar-refractivity contribution in [1.29, 1.82) is 0 Å². The standard InChI is InChI=1S/C51H44B12N4O/c52-35-31(32-36(53)40(57)43(60)41(58)37(32)54)38(55)45(62)47-33(35)34-39(56)42(59)44(61)46(63)48(34)67(47)27-15-8-16-28-30(27)26-18-17-25(20-29(26)68-28)51-65-49(22-11-5-2-6-12-22)64-50(66-51)24-14-7-13-23(19-24)21-9-3-1-4-10-21/h1-20H,52-63H2. The Morgan fingerprint density at radius 3 is 1.43 bits per heavy atom. The van der Waals surface area contributed by atoms with Crippen LogP contribution in [0.2, 0.25) is 0 Å². The van der Waals surface area contributed by atoms with Crippen molar-refractivity contribution in [3.63, 3.8) is 0 Å². The molecule has 0 unspecified atom stereocenters. The quantitative estimate of drug-likeness (QED) is 0.156. The lowest BCUT2D eigenvalue weighted by Gasteiger charge is -2.25. The molecule has 0 saturated heterocycles. The van der Waals surface area contributed by atoms with Gasteiger partial charge in [-0.1, -0.05) is 135 Å². The van der Waals surface area contributed by atoms with E-state index < -0.39 is 0 Å². The van der Waals surface area contributed by atoms with Gasteiger partial charge < -0.3 is 8.98 Å². The number of nitrogens with zero attached hydrogens (tertiary/aromatic N) is 4. The number of furan rings is 1. The van der Waals surface area contributed by atoms with Crippen molar-refractivity contribution in [3.8, 4) is 62.1 Å².